The van der Waals surface area contributed by atoms with Gasteiger partial charge in [-0.05, 0) is 18.2 Å². The number of nitrogens with zero attached hydrogens (tertiary/aromatic N) is 1. The van der Waals surface area contributed by atoms with Crippen molar-refractivity contribution in [3.63, 3.8) is 0 Å². The molecular formula is C14H13ClN2O3. The van der Waals surface area contributed by atoms with Crippen LogP contribution in [0.4, 0.5) is 5.69 Å². The number of carbonyl (C=O) groups excluding carboxylic acids is 1. The van der Waals surface area contributed by atoms with Gasteiger partial charge in [0.15, 0.2) is 0 Å². The summed E-state index contributed by atoms with van der Waals surface area (Å²) in [4.78, 5) is 15.5. The van der Waals surface area contributed by atoms with Gasteiger partial charge >= 0.3 is 0 Å². The van der Waals surface area contributed by atoms with E-state index < -0.39 is 0 Å². The highest BCUT2D eigenvalue weighted by atomic mass is 35.5. The van der Waals surface area contributed by atoms with Crippen molar-refractivity contribution >= 4 is 23.2 Å². The molecule has 0 aliphatic carbocycles. The van der Waals surface area contributed by atoms with E-state index in [1.54, 1.807) is 24.3 Å². The van der Waals surface area contributed by atoms with Gasteiger partial charge in [0, 0.05) is 25.1 Å². The number of hydrogen-bond acceptors (Lipinski definition) is 4. The number of pyridine rings is 1. The summed E-state index contributed by atoms with van der Waals surface area (Å²) in [5.74, 6) is 0.595. The molecule has 6 heteroatoms. The van der Waals surface area contributed by atoms with Crippen molar-refractivity contribution in [1.82, 2.24) is 4.98 Å². The maximum Gasteiger partial charge on any atom is 0.250 e. The summed E-state index contributed by atoms with van der Waals surface area (Å²) in [6.07, 6.45) is 1.54. The van der Waals surface area contributed by atoms with Crippen LogP contribution in [0, 0.1) is 0 Å². The molecule has 0 radical (unpaired) electrons. The van der Waals surface area contributed by atoms with Crippen LogP contribution >= 0.6 is 11.6 Å². The minimum atomic E-state index is -0.248. The molecule has 1 N–H and O–H groups in total. The van der Waals surface area contributed by atoms with Crippen molar-refractivity contribution in [3.05, 3.63) is 47.6 Å². The monoisotopic (exact) mass is 292 g/mol. The normalized spacial score (nSPS) is 10.1. The Morgan fingerprint density at radius 3 is 2.90 bits per heavy atom. The van der Waals surface area contributed by atoms with Crippen LogP contribution in [0.15, 0.2) is 42.6 Å². The summed E-state index contributed by atoms with van der Waals surface area (Å²) in [5.41, 5.74) is 0.573. The summed E-state index contributed by atoms with van der Waals surface area (Å²) in [6, 6.07) is 10.3. The van der Waals surface area contributed by atoms with Crippen LogP contribution in [-0.2, 0) is 9.53 Å². The zero-order chi connectivity index (χ0) is 14.4. The first-order valence-corrected chi connectivity index (χ1v) is 6.24. The summed E-state index contributed by atoms with van der Waals surface area (Å²) in [6.45, 7) is -0.0109. The van der Waals surface area contributed by atoms with Crippen LogP contribution in [0.1, 0.15) is 0 Å². The SMILES string of the molecule is COCC(=O)Nc1ccnc(Oc2ccccc2Cl)c1. The molecule has 5 nitrogen and oxygen atoms in total. The highest BCUT2D eigenvalue weighted by Crippen LogP contribution is 2.28. The van der Waals surface area contributed by atoms with E-state index in [9.17, 15) is 4.79 Å². The van der Waals surface area contributed by atoms with Gasteiger partial charge in [0.2, 0.25) is 11.8 Å². The van der Waals surface area contributed by atoms with Gasteiger partial charge in [-0.15, -0.1) is 0 Å². The molecule has 0 saturated heterocycles. The Morgan fingerprint density at radius 1 is 1.35 bits per heavy atom. The molecule has 0 atom stereocenters. The molecule has 1 amide bonds. The number of carbonyl (C=O) groups is 1. The van der Waals surface area contributed by atoms with Crippen molar-refractivity contribution in [3.8, 4) is 11.6 Å². The van der Waals surface area contributed by atoms with Gasteiger partial charge in [-0.25, -0.2) is 4.98 Å². The van der Waals surface area contributed by atoms with E-state index in [4.69, 9.17) is 21.1 Å². The number of nitrogens with one attached hydrogen (secondary N) is 1. The van der Waals surface area contributed by atoms with Gasteiger partial charge in [-0.1, -0.05) is 23.7 Å². The molecule has 104 valence electrons. The standard InChI is InChI=1S/C14H13ClN2O3/c1-19-9-13(18)17-10-6-7-16-14(8-10)20-12-5-3-2-4-11(12)15/h2-8H,9H2,1H3,(H,16,17,18). The molecule has 2 aromatic rings. The topological polar surface area (TPSA) is 60.5 Å². The molecule has 1 aromatic carbocycles. The average molecular weight is 293 g/mol. The lowest BCUT2D eigenvalue weighted by molar-refractivity contribution is -0.119. The molecule has 0 bridgehead atoms. The van der Waals surface area contributed by atoms with E-state index in [1.807, 2.05) is 12.1 Å². The largest absolute Gasteiger partial charge is 0.437 e. The maximum atomic E-state index is 11.4. The highest BCUT2D eigenvalue weighted by molar-refractivity contribution is 6.32. The predicted molar refractivity (Wildman–Crippen MR) is 76.3 cm³/mol. The van der Waals surface area contributed by atoms with Crippen molar-refractivity contribution in [2.45, 2.75) is 0 Å². The van der Waals surface area contributed by atoms with Crippen LogP contribution in [0.25, 0.3) is 0 Å². The molecule has 2 rings (SSSR count). The molecule has 0 saturated carbocycles. The third-order valence-corrected chi connectivity index (χ3v) is 2.66. The highest BCUT2D eigenvalue weighted by Gasteiger charge is 2.06. The molecule has 1 aromatic heterocycles. The lowest BCUT2D eigenvalue weighted by Gasteiger charge is -2.08. The van der Waals surface area contributed by atoms with Crippen LogP contribution in [0.3, 0.4) is 0 Å². The number of ether oxygens (including phenoxy) is 2. The van der Waals surface area contributed by atoms with E-state index in [-0.39, 0.29) is 12.5 Å². The van der Waals surface area contributed by atoms with Crippen LogP contribution in [-0.4, -0.2) is 24.6 Å². The second kappa shape index (κ2) is 6.88. The van der Waals surface area contributed by atoms with Crippen molar-refractivity contribution in [2.24, 2.45) is 0 Å². The Morgan fingerprint density at radius 2 is 2.15 bits per heavy atom. The first-order valence-electron chi connectivity index (χ1n) is 5.86. The third-order valence-electron chi connectivity index (χ3n) is 2.35. The second-order valence-corrected chi connectivity index (χ2v) is 4.30. The fraction of sp³-hybridized carbons (Fsp3) is 0.143. The number of rotatable bonds is 5. The Hall–Kier alpha value is -2.11. The Balaban J connectivity index is 2.10. The molecular weight excluding hydrogens is 280 g/mol. The molecule has 0 unspecified atom stereocenters. The van der Waals surface area contributed by atoms with E-state index in [0.717, 1.165) is 0 Å². The molecule has 20 heavy (non-hydrogen) atoms. The number of halogens is 1. The zero-order valence-corrected chi connectivity index (χ0v) is 11.6. The van der Waals surface area contributed by atoms with Crippen LogP contribution in [0.2, 0.25) is 5.02 Å². The summed E-state index contributed by atoms with van der Waals surface area (Å²) >= 11 is 6.00. The van der Waals surface area contributed by atoms with Gasteiger partial charge < -0.3 is 14.8 Å². The maximum absolute atomic E-state index is 11.4. The Kier molecular flexibility index (Phi) is 4.92. The number of para-hydroxylation sites is 1. The Labute approximate surface area is 121 Å². The average Bonchev–Trinajstić information content (AvgIpc) is 2.42. The number of benzene rings is 1. The first kappa shape index (κ1) is 14.3. The van der Waals surface area contributed by atoms with Crippen LogP contribution in [0.5, 0.6) is 11.6 Å². The number of anilines is 1. The van der Waals surface area contributed by atoms with Gasteiger partial charge in [0.25, 0.3) is 0 Å². The van der Waals surface area contributed by atoms with Crippen LogP contribution < -0.4 is 10.1 Å². The van der Waals surface area contributed by atoms with Gasteiger partial charge in [0.1, 0.15) is 12.4 Å². The molecule has 0 spiro atoms. The lowest BCUT2D eigenvalue weighted by Crippen LogP contribution is -2.17. The number of methoxy groups -OCH3 is 1. The van der Waals surface area contributed by atoms with Gasteiger partial charge in [0.05, 0.1) is 5.02 Å². The minimum Gasteiger partial charge on any atom is -0.437 e. The number of hydrogen-bond donors (Lipinski definition) is 1. The van der Waals surface area contributed by atoms with E-state index >= 15 is 0 Å². The molecule has 1 heterocycles. The first-order chi connectivity index (χ1) is 9.69. The molecule has 0 fully saturated rings. The molecule has 0 aliphatic heterocycles. The Bertz CT molecular complexity index is 604. The fourth-order valence-corrected chi connectivity index (χ4v) is 1.69. The second-order valence-electron chi connectivity index (χ2n) is 3.90. The zero-order valence-electron chi connectivity index (χ0n) is 10.8. The number of amides is 1. The smallest absolute Gasteiger partial charge is 0.250 e. The van der Waals surface area contributed by atoms with Crippen molar-refractivity contribution < 1.29 is 14.3 Å². The van der Waals surface area contributed by atoms with Gasteiger partial charge in [-0.3, -0.25) is 4.79 Å². The fourth-order valence-electron chi connectivity index (χ4n) is 1.51. The van der Waals surface area contributed by atoms with E-state index in [1.165, 1.54) is 13.3 Å². The van der Waals surface area contributed by atoms with Crippen molar-refractivity contribution in [1.29, 1.82) is 0 Å². The molecule has 0 aliphatic rings. The summed E-state index contributed by atoms with van der Waals surface area (Å²) in [5, 5.41) is 3.16. The van der Waals surface area contributed by atoms with Gasteiger partial charge in [-0.2, -0.15) is 0 Å². The van der Waals surface area contributed by atoms with E-state index in [0.29, 0.717) is 22.3 Å². The predicted octanol–water partition coefficient (Wildman–Crippen LogP) is 3.11. The number of aromatic nitrogens is 1. The quantitative estimate of drug-likeness (QED) is 0.920. The van der Waals surface area contributed by atoms with Crippen molar-refractivity contribution in [2.75, 3.05) is 19.0 Å². The summed E-state index contributed by atoms with van der Waals surface area (Å²) in [7, 11) is 1.46. The third kappa shape index (κ3) is 3.94. The lowest BCUT2D eigenvalue weighted by atomic mass is 10.3. The minimum absolute atomic E-state index is 0.0109. The van der Waals surface area contributed by atoms with E-state index in [2.05, 4.69) is 10.3 Å². The summed E-state index contributed by atoms with van der Waals surface area (Å²) < 4.78 is 10.3.